The van der Waals surface area contributed by atoms with Crippen molar-refractivity contribution < 1.29 is 8.83 Å². The Hall–Kier alpha value is -1.44. The maximum atomic E-state index is 5.10. The van der Waals surface area contributed by atoms with Gasteiger partial charge in [0, 0.05) is 0 Å². The smallest absolute Gasteiger partial charge is 0.169 e. The van der Waals surface area contributed by atoms with Crippen molar-refractivity contribution in [3.05, 3.63) is 37.0 Å². The molecule has 2 aromatic rings. The zero-order valence-corrected chi connectivity index (χ0v) is 5.20. The molecule has 0 aromatic carbocycles. The van der Waals surface area contributed by atoms with Crippen molar-refractivity contribution >= 4 is 0 Å². The topological polar surface area (TPSA) is 26.3 Å². The fourth-order valence-electron chi connectivity index (χ4n) is 0.801. The lowest BCUT2D eigenvalue weighted by Gasteiger charge is -1.83. The van der Waals surface area contributed by atoms with Gasteiger partial charge in [-0.25, -0.2) is 0 Å². The van der Waals surface area contributed by atoms with Gasteiger partial charge in [-0.05, 0) is 18.2 Å². The minimum Gasteiger partial charge on any atom is -0.464 e. The van der Waals surface area contributed by atoms with Crippen LogP contribution < -0.4 is 0 Å². The van der Waals surface area contributed by atoms with Gasteiger partial charge in [-0.2, -0.15) is 0 Å². The first-order valence-corrected chi connectivity index (χ1v) is 2.95. The lowest BCUT2D eigenvalue weighted by Crippen LogP contribution is -1.61. The van der Waals surface area contributed by atoms with Crippen LogP contribution in [0.25, 0.3) is 11.3 Å². The molecule has 0 bridgehead atoms. The molecule has 2 nitrogen and oxygen atoms in total. The van der Waals surface area contributed by atoms with Crippen molar-refractivity contribution in [2.24, 2.45) is 0 Å². The fraction of sp³-hybridized carbons (Fsp3) is 0. The van der Waals surface area contributed by atoms with Crippen molar-refractivity contribution in [3.8, 4) is 11.3 Å². The van der Waals surface area contributed by atoms with E-state index in [9.17, 15) is 0 Å². The van der Waals surface area contributed by atoms with Gasteiger partial charge in [0.25, 0.3) is 0 Å². The SMILES string of the molecule is [c]1cc(-c2ccco2)co1. The van der Waals surface area contributed by atoms with Gasteiger partial charge >= 0.3 is 0 Å². The zero-order chi connectivity index (χ0) is 6.81. The first-order chi connectivity index (χ1) is 4.97. The highest BCUT2D eigenvalue weighted by molar-refractivity contribution is 5.54. The predicted molar refractivity (Wildman–Crippen MR) is 35.2 cm³/mol. The second-order valence-corrected chi connectivity index (χ2v) is 1.93. The lowest BCUT2D eigenvalue weighted by molar-refractivity contribution is 0.553. The summed E-state index contributed by atoms with van der Waals surface area (Å²) in [7, 11) is 0. The molecule has 49 valence electrons. The molecule has 2 heteroatoms. The molecule has 0 aliphatic rings. The summed E-state index contributed by atoms with van der Waals surface area (Å²) < 4.78 is 9.85. The Balaban J connectivity index is 2.48. The van der Waals surface area contributed by atoms with E-state index in [1.807, 2.05) is 12.1 Å². The van der Waals surface area contributed by atoms with Gasteiger partial charge in [-0.1, -0.05) is 0 Å². The molecule has 0 unspecified atom stereocenters. The molecule has 0 aliphatic carbocycles. The molecule has 0 amide bonds. The molecule has 0 atom stereocenters. The van der Waals surface area contributed by atoms with Crippen LogP contribution in [-0.2, 0) is 0 Å². The second kappa shape index (κ2) is 2.06. The summed E-state index contributed by atoms with van der Waals surface area (Å²) in [6, 6.07) is 5.44. The van der Waals surface area contributed by atoms with Crippen molar-refractivity contribution in [1.29, 1.82) is 0 Å². The molecule has 1 radical (unpaired) electrons. The second-order valence-electron chi connectivity index (χ2n) is 1.93. The number of hydrogen-bond acceptors (Lipinski definition) is 2. The highest BCUT2D eigenvalue weighted by Crippen LogP contribution is 2.18. The molecule has 0 saturated heterocycles. The number of furan rings is 2. The third-order valence-electron chi connectivity index (χ3n) is 1.27. The van der Waals surface area contributed by atoms with E-state index in [4.69, 9.17) is 8.83 Å². The van der Waals surface area contributed by atoms with Crippen LogP contribution in [0.5, 0.6) is 0 Å². The first-order valence-electron chi connectivity index (χ1n) is 2.95. The summed E-state index contributed by atoms with van der Waals surface area (Å²) >= 11 is 0. The van der Waals surface area contributed by atoms with Gasteiger partial charge in [0.15, 0.2) is 6.26 Å². The third kappa shape index (κ3) is 0.739. The van der Waals surface area contributed by atoms with Gasteiger partial charge in [0.2, 0.25) is 0 Å². The monoisotopic (exact) mass is 133 g/mol. The minimum absolute atomic E-state index is 0.810. The normalized spacial score (nSPS) is 10.0. The minimum atomic E-state index is 0.810. The average molecular weight is 133 g/mol. The summed E-state index contributed by atoms with van der Waals surface area (Å²) in [5, 5.41) is 0. The summed E-state index contributed by atoms with van der Waals surface area (Å²) in [5.41, 5.74) is 0.921. The Kier molecular flexibility index (Phi) is 1.10. The van der Waals surface area contributed by atoms with E-state index in [1.54, 1.807) is 18.6 Å². The highest BCUT2D eigenvalue weighted by Gasteiger charge is 1.99. The van der Waals surface area contributed by atoms with E-state index < -0.39 is 0 Å². The van der Waals surface area contributed by atoms with Gasteiger partial charge in [-0.15, -0.1) is 0 Å². The van der Waals surface area contributed by atoms with Crippen LogP contribution in [0, 0.1) is 6.26 Å². The Bertz CT molecular complexity index is 247. The summed E-state index contributed by atoms with van der Waals surface area (Å²) in [5.74, 6) is 0.810. The van der Waals surface area contributed by atoms with E-state index in [2.05, 4.69) is 6.26 Å². The molecule has 2 rings (SSSR count). The van der Waals surface area contributed by atoms with Crippen LogP contribution in [0.3, 0.4) is 0 Å². The fourth-order valence-corrected chi connectivity index (χ4v) is 0.801. The lowest BCUT2D eigenvalue weighted by atomic mass is 10.3. The van der Waals surface area contributed by atoms with Gasteiger partial charge < -0.3 is 8.83 Å². The maximum absolute atomic E-state index is 5.10. The van der Waals surface area contributed by atoms with Crippen molar-refractivity contribution in [1.82, 2.24) is 0 Å². The van der Waals surface area contributed by atoms with Gasteiger partial charge in [0.1, 0.15) is 12.0 Å². The van der Waals surface area contributed by atoms with E-state index in [1.165, 1.54) is 0 Å². The van der Waals surface area contributed by atoms with Crippen LogP contribution in [0.2, 0.25) is 0 Å². The van der Waals surface area contributed by atoms with Gasteiger partial charge in [0.05, 0.1) is 11.8 Å². The standard InChI is InChI=1S/C8H5O2/c1-2-8(10-4-1)7-3-5-9-6-7/h1-4,6H. The van der Waals surface area contributed by atoms with E-state index in [-0.39, 0.29) is 0 Å². The quantitative estimate of drug-likeness (QED) is 0.596. The van der Waals surface area contributed by atoms with Crippen molar-refractivity contribution in [3.63, 3.8) is 0 Å². The Morgan fingerprint density at radius 3 is 3.00 bits per heavy atom. The molecular formula is C8H5O2. The van der Waals surface area contributed by atoms with Crippen LogP contribution in [0.4, 0.5) is 0 Å². The van der Waals surface area contributed by atoms with Crippen LogP contribution in [0.1, 0.15) is 0 Å². The summed E-state index contributed by atoms with van der Waals surface area (Å²) in [4.78, 5) is 0. The Morgan fingerprint density at radius 2 is 2.40 bits per heavy atom. The Morgan fingerprint density at radius 1 is 1.40 bits per heavy atom. The summed E-state index contributed by atoms with van der Waals surface area (Å²) in [6.45, 7) is 0. The molecule has 0 saturated carbocycles. The maximum Gasteiger partial charge on any atom is 0.169 e. The van der Waals surface area contributed by atoms with Gasteiger partial charge in [-0.3, -0.25) is 0 Å². The molecule has 0 aliphatic heterocycles. The third-order valence-corrected chi connectivity index (χ3v) is 1.27. The first kappa shape index (κ1) is 5.35. The molecule has 2 aromatic heterocycles. The van der Waals surface area contributed by atoms with Crippen LogP contribution >= 0.6 is 0 Å². The molecule has 0 N–H and O–H groups in total. The van der Waals surface area contributed by atoms with Crippen molar-refractivity contribution in [2.45, 2.75) is 0 Å². The molecule has 0 spiro atoms. The van der Waals surface area contributed by atoms with E-state index >= 15 is 0 Å². The molecule has 2 heterocycles. The highest BCUT2D eigenvalue weighted by atomic mass is 16.3. The predicted octanol–water partition coefficient (Wildman–Crippen LogP) is 2.34. The van der Waals surface area contributed by atoms with E-state index in [0.29, 0.717) is 0 Å². The summed E-state index contributed by atoms with van der Waals surface area (Å²) in [6.07, 6.45) is 5.81. The zero-order valence-electron chi connectivity index (χ0n) is 5.20. The van der Waals surface area contributed by atoms with Crippen LogP contribution in [0.15, 0.2) is 39.6 Å². The average Bonchev–Trinajstić information content (AvgIpc) is 2.59. The van der Waals surface area contributed by atoms with Crippen LogP contribution in [-0.4, -0.2) is 0 Å². The Labute approximate surface area is 58.1 Å². The van der Waals surface area contributed by atoms with E-state index in [0.717, 1.165) is 11.3 Å². The largest absolute Gasteiger partial charge is 0.464 e. The molecular weight excluding hydrogens is 128 g/mol. The molecule has 0 fully saturated rings. The number of hydrogen-bond donors (Lipinski definition) is 0. The molecule has 10 heavy (non-hydrogen) atoms. The number of rotatable bonds is 1. The van der Waals surface area contributed by atoms with Crippen molar-refractivity contribution in [2.75, 3.05) is 0 Å².